The number of hydrogen-bond donors (Lipinski definition) is 1. The van der Waals surface area contributed by atoms with Crippen LogP contribution in [0.4, 0.5) is 5.69 Å². The molecule has 0 spiro atoms. The molecule has 1 aliphatic rings. The lowest BCUT2D eigenvalue weighted by Gasteiger charge is -2.34. The Morgan fingerprint density at radius 1 is 1.29 bits per heavy atom. The number of hydrogen-bond acceptors (Lipinski definition) is 4. The van der Waals surface area contributed by atoms with Crippen LogP contribution >= 0.6 is 11.6 Å². The second-order valence-electron chi connectivity index (χ2n) is 5.74. The molecule has 118 valence electrons. The Morgan fingerprint density at radius 3 is 2.38 bits per heavy atom. The van der Waals surface area contributed by atoms with E-state index < -0.39 is 10.0 Å². The zero-order valence-corrected chi connectivity index (χ0v) is 14.2. The first-order chi connectivity index (χ1) is 9.73. The predicted octanol–water partition coefficient (Wildman–Crippen LogP) is 1.95. The Morgan fingerprint density at radius 2 is 1.86 bits per heavy atom. The third kappa shape index (κ3) is 3.34. The molecule has 0 atom stereocenters. The average Bonchev–Trinajstić information content (AvgIpc) is 2.42. The Labute approximate surface area is 131 Å². The molecule has 0 radical (unpaired) electrons. The van der Waals surface area contributed by atoms with E-state index in [1.807, 2.05) is 14.1 Å². The summed E-state index contributed by atoms with van der Waals surface area (Å²) in [4.78, 5) is 2.41. The number of sulfonamides is 1. The van der Waals surface area contributed by atoms with Crippen LogP contribution in [0.2, 0.25) is 5.02 Å². The molecule has 21 heavy (non-hydrogen) atoms. The van der Waals surface area contributed by atoms with Gasteiger partial charge in [-0.3, -0.25) is 0 Å². The second kappa shape index (κ2) is 6.12. The Balaban J connectivity index is 2.26. The molecule has 0 aromatic heterocycles. The van der Waals surface area contributed by atoms with Gasteiger partial charge in [0, 0.05) is 19.1 Å². The van der Waals surface area contributed by atoms with E-state index in [9.17, 15) is 8.42 Å². The number of piperidine rings is 1. The van der Waals surface area contributed by atoms with Gasteiger partial charge in [-0.15, -0.1) is 0 Å². The monoisotopic (exact) mass is 331 g/mol. The molecule has 0 saturated carbocycles. The summed E-state index contributed by atoms with van der Waals surface area (Å²) in [6, 6.07) is 3.51. The van der Waals surface area contributed by atoms with Crippen molar-refractivity contribution < 1.29 is 8.42 Å². The lowest BCUT2D eigenvalue weighted by molar-refractivity contribution is 0.196. The van der Waals surface area contributed by atoms with Gasteiger partial charge in [0.15, 0.2) is 0 Å². The molecule has 0 amide bonds. The quantitative estimate of drug-likeness (QED) is 0.860. The smallest absolute Gasteiger partial charge is 0.243 e. The van der Waals surface area contributed by atoms with Crippen molar-refractivity contribution in [3.05, 3.63) is 22.7 Å². The molecule has 7 heteroatoms. The molecule has 1 aliphatic heterocycles. The summed E-state index contributed by atoms with van der Waals surface area (Å²) >= 11 is 5.94. The molecule has 0 aliphatic carbocycles. The fourth-order valence-corrected chi connectivity index (χ4v) is 4.61. The van der Waals surface area contributed by atoms with Crippen LogP contribution in [0.5, 0.6) is 0 Å². The van der Waals surface area contributed by atoms with Crippen LogP contribution in [-0.2, 0) is 10.0 Å². The van der Waals surface area contributed by atoms with Gasteiger partial charge in [0.1, 0.15) is 0 Å². The van der Waals surface area contributed by atoms with Crippen LogP contribution in [0.3, 0.4) is 0 Å². The van der Waals surface area contributed by atoms with E-state index in [1.165, 1.54) is 6.07 Å². The molecule has 5 nitrogen and oxygen atoms in total. The van der Waals surface area contributed by atoms with Crippen LogP contribution in [0.25, 0.3) is 0 Å². The van der Waals surface area contributed by atoms with Gasteiger partial charge in [-0.1, -0.05) is 11.6 Å². The van der Waals surface area contributed by atoms with Gasteiger partial charge in [-0.2, -0.15) is 4.31 Å². The topological polar surface area (TPSA) is 66.6 Å². The van der Waals surface area contributed by atoms with Crippen molar-refractivity contribution in [2.75, 3.05) is 32.9 Å². The SMILES string of the molecule is Cc1cc(Cl)c(N)cc1S(=O)(=O)N1CCC(N(C)C)CC1. The van der Waals surface area contributed by atoms with Crippen LogP contribution in [-0.4, -0.2) is 50.8 Å². The number of rotatable bonds is 3. The van der Waals surface area contributed by atoms with E-state index in [-0.39, 0.29) is 4.90 Å². The predicted molar refractivity (Wildman–Crippen MR) is 86.1 cm³/mol. The van der Waals surface area contributed by atoms with Crippen molar-refractivity contribution in [3.8, 4) is 0 Å². The lowest BCUT2D eigenvalue weighted by Crippen LogP contribution is -2.44. The first-order valence-electron chi connectivity index (χ1n) is 6.95. The maximum absolute atomic E-state index is 12.8. The van der Waals surface area contributed by atoms with E-state index in [4.69, 9.17) is 17.3 Å². The zero-order chi connectivity index (χ0) is 15.8. The largest absolute Gasteiger partial charge is 0.397 e. The summed E-state index contributed by atoms with van der Waals surface area (Å²) < 4.78 is 27.1. The molecular weight excluding hydrogens is 310 g/mol. The first kappa shape index (κ1) is 16.5. The van der Waals surface area contributed by atoms with Crippen LogP contribution in [0.1, 0.15) is 18.4 Å². The molecule has 1 fully saturated rings. The second-order valence-corrected chi connectivity index (χ2v) is 8.05. The molecule has 1 aromatic carbocycles. The maximum Gasteiger partial charge on any atom is 0.243 e. The minimum atomic E-state index is -3.50. The highest BCUT2D eigenvalue weighted by Crippen LogP contribution is 2.29. The standard InChI is InChI=1S/C14H22ClN3O2S/c1-10-8-12(15)13(16)9-14(10)21(19,20)18-6-4-11(5-7-18)17(2)3/h8-9,11H,4-7,16H2,1-3H3. The molecule has 1 aromatic rings. The fraction of sp³-hybridized carbons (Fsp3) is 0.571. The summed E-state index contributed by atoms with van der Waals surface area (Å²) in [5.41, 5.74) is 6.68. The number of nitrogen functional groups attached to an aromatic ring is 1. The minimum Gasteiger partial charge on any atom is -0.397 e. The molecule has 2 rings (SSSR count). The highest BCUT2D eigenvalue weighted by molar-refractivity contribution is 7.89. The molecule has 0 unspecified atom stereocenters. The van der Waals surface area contributed by atoms with Crippen molar-refractivity contribution in [1.82, 2.24) is 9.21 Å². The summed E-state index contributed by atoms with van der Waals surface area (Å²) in [5, 5.41) is 0.387. The lowest BCUT2D eigenvalue weighted by atomic mass is 10.1. The molecule has 1 saturated heterocycles. The first-order valence-corrected chi connectivity index (χ1v) is 8.77. The number of aryl methyl sites for hydroxylation is 1. The third-order valence-corrected chi connectivity index (χ3v) is 6.43. The van der Waals surface area contributed by atoms with Crippen LogP contribution < -0.4 is 5.73 Å². The van der Waals surface area contributed by atoms with Crippen LogP contribution in [0.15, 0.2) is 17.0 Å². The van der Waals surface area contributed by atoms with Crippen molar-refractivity contribution in [2.24, 2.45) is 0 Å². The van der Waals surface area contributed by atoms with Gasteiger partial charge in [-0.05, 0) is 51.6 Å². The van der Waals surface area contributed by atoms with Crippen molar-refractivity contribution in [2.45, 2.75) is 30.7 Å². The van der Waals surface area contributed by atoms with Crippen molar-refractivity contribution >= 4 is 27.3 Å². The van der Waals surface area contributed by atoms with E-state index in [0.717, 1.165) is 12.8 Å². The molecule has 2 N–H and O–H groups in total. The highest BCUT2D eigenvalue weighted by Gasteiger charge is 2.31. The number of benzene rings is 1. The van der Waals surface area contributed by atoms with E-state index in [0.29, 0.717) is 35.4 Å². The number of nitrogens with zero attached hydrogens (tertiary/aromatic N) is 2. The van der Waals surface area contributed by atoms with Crippen molar-refractivity contribution in [3.63, 3.8) is 0 Å². The third-order valence-electron chi connectivity index (χ3n) is 4.07. The van der Waals surface area contributed by atoms with Gasteiger partial charge >= 0.3 is 0 Å². The van der Waals surface area contributed by atoms with Gasteiger partial charge in [0.05, 0.1) is 15.6 Å². The van der Waals surface area contributed by atoms with E-state index in [2.05, 4.69) is 4.90 Å². The molecule has 0 bridgehead atoms. The number of halogens is 1. The number of nitrogens with two attached hydrogens (primary N) is 1. The summed E-state index contributed by atoms with van der Waals surface area (Å²) in [7, 11) is 0.548. The average molecular weight is 332 g/mol. The Kier molecular flexibility index (Phi) is 4.82. The van der Waals surface area contributed by atoms with E-state index in [1.54, 1.807) is 17.3 Å². The fourth-order valence-electron chi connectivity index (χ4n) is 2.68. The number of anilines is 1. The van der Waals surface area contributed by atoms with Crippen LogP contribution in [0, 0.1) is 6.92 Å². The van der Waals surface area contributed by atoms with Gasteiger partial charge in [-0.25, -0.2) is 8.42 Å². The molecule has 1 heterocycles. The van der Waals surface area contributed by atoms with Gasteiger partial charge < -0.3 is 10.6 Å². The summed E-state index contributed by atoms with van der Waals surface area (Å²) in [6.45, 7) is 2.81. The summed E-state index contributed by atoms with van der Waals surface area (Å²) in [6.07, 6.45) is 1.68. The summed E-state index contributed by atoms with van der Waals surface area (Å²) in [5.74, 6) is 0. The highest BCUT2D eigenvalue weighted by atomic mass is 35.5. The Hall–Kier alpha value is -0.820. The minimum absolute atomic E-state index is 0.257. The zero-order valence-electron chi connectivity index (χ0n) is 12.6. The van der Waals surface area contributed by atoms with E-state index >= 15 is 0 Å². The van der Waals surface area contributed by atoms with Crippen molar-refractivity contribution in [1.29, 1.82) is 0 Å². The van der Waals surface area contributed by atoms with Gasteiger partial charge in [0.25, 0.3) is 0 Å². The maximum atomic E-state index is 12.8. The normalized spacial score (nSPS) is 18.3. The molecular formula is C14H22ClN3O2S. The van der Waals surface area contributed by atoms with Gasteiger partial charge in [0.2, 0.25) is 10.0 Å². The Bertz CT molecular complexity index is 623.